The van der Waals surface area contributed by atoms with Gasteiger partial charge in [0.2, 0.25) is 5.91 Å². The molecule has 0 aliphatic heterocycles. The Hall–Kier alpha value is -2.47. The molecule has 2 aromatic heterocycles. The van der Waals surface area contributed by atoms with Gasteiger partial charge in [0.05, 0.1) is 34.5 Å². The lowest BCUT2D eigenvalue weighted by atomic mass is 10.1. The first-order valence-corrected chi connectivity index (χ1v) is 9.52. The van der Waals surface area contributed by atoms with Gasteiger partial charge in [-0.15, -0.1) is 11.3 Å². The molecule has 0 saturated heterocycles. The van der Waals surface area contributed by atoms with E-state index in [4.69, 9.17) is 0 Å². The van der Waals surface area contributed by atoms with E-state index in [1.54, 1.807) is 11.3 Å². The van der Waals surface area contributed by atoms with Gasteiger partial charge in [-0.05, 0) is 46.8 Å². The molecule has 2 heterocycles. The van der Waals surface area contributed by atoms with Crippen molar-refractivity contribution in [2.75, 3.05) is 0 Å². The van der Waals surface area contributed by atoms with E-state index in [0.29, 0.717) is 6.42 Å². The van der Waals surface area contributed by atoms with Crippen LogP contribution in [0.5, 0.6) is 0 Å². The molecule has 0 aliphatic carbocycles. The number of nitrogens with one attached hydrogen (secondary N) is 1. The third-order valence-electron chi connectivity index (χ3n) is 4.51. The van der Waals surface area contributed by atoms with E-state index < -0.39 is 0 Å². The van der Waals surface area contributed by atoms with Crippen LogP contribution in [0.3, 0.4) is 0 Å². The lowest BCUT2D eigenvalue weighted by Crippen LogP contribution is -2.29. The van der Waals surface area contributed by atoms with E-state index in [1.807, 2.05) is 69.6 Å². The highest BCUT2D eigenvalue weighted by Crippen LogP contribution is 2.23. The van der Waals surface area contributed by atoms with Crippen molar-refractivity contribution in [2.45, 2.75) is 47.1 Å². The number of nitrogens with zero attached hydrogens (tertiary/aromatic N) is 3. The molecule has 3 rings (SSSR count). The Kier molecular flexibility index (Phi) is 5.23. The van der Waals surface area contributed by atoms with Crippen LogP contribution in [-0.2, 0) is 11.2 Å². The zero-order chi connectivity index (χ0) is 18.8. The average Bonchev–Trinajstić information content (AvgIpc) is 3.08. The Bertz CT molecular complexity index is 927. The number of para-hydroxylation sites is 1. The Balaban J connectivity index is 1.76. The minimum atomic E-state index is -0.0998. The van der Waals surface area contributed by atoms with Crippen LogP contribution in [0, 0.1) is 27.7 Å². The molecule has 1 aromatic carbocycles. The first-order valence-electron chi connectivity index (χ1n) is 8.70. The topological polar surface area (TPSA) is 59.8 Å². The van der Waals surface area contributed by atoms with Gasteiger partial charge in [0, 0.05) is 16.1 Å². The zero-order valence-corrected chi connectivity index (χ0v) is 16.6. The highest BCUT2D eigenvalue weighted by Gasteiger charge is 2.19. The summed E-state index contributed by atoms with van der Waals surface area (Å²) in [5.41, 5.74) is 4.81. The number of aryl methyl sites for hydroxylation is 3. The van der Waals surface area contributed by atoms with Crippen LogP contribution in [-0.4, -0.2) is 20.7 Å². The smallest absolute Gasteiger partial charge is 0.225 e. The van der Waals surface area contributed by atoms with Crippen molar-refractivity contribution in [2.24, 2.45) is 0 Å². The maximum absolute atomic E-state index is 12.6. The summed E-state index contributed by atoms with van der Waals surface area (Å²) in [6.07, 6.45) is 0.316. The number of carbonyl (C=O) groups is 1. The van der Waals surface area contributed by atoms with Crippen molar-refractivity contribution in [3.8, 4) is 5.69 Å². The Labute approximate surface area is 158 Å². The van der Waals surface area contributed by atoms with Gasteiger partial charge in [-0.25, -0.2) is 9.67 Å². The molecule has 1 N–H and O–H groups in total. The molecule has 0 spiro atoms. The summed E-state index contributed by atoms with van der Waals surface area (Å²) < 4.78 is 1.90. The van der Waals surface area contributed by atoms with Crippen LogP contribution in [0.2, 0.25) is 0 Å². The van der Waals surface area contributed by atoms with Crippen molar-refractivity contribution >= 4 is 17.2 Å². The molecule has 6 heteroatoms. The van der Waals surface area contributed by atoms with Crippen molar-refractivity contribution in [3.63, 3.8) is 0 Å². The molecular weight excluding hydrogens is 344 g/mol. The van der Waals surface area contributed by atoms with Crippen LogP contribution in [0.1, 0.15) is 45.5 Å². The lowest BCUT2D eigenvalue weighted by Gasteiger charge is -2.13. The number of hydrogen-bond donors (Lipinski definition) is 1. The number of thiazole rings is 1. The first-order chi connectivity index (χ1) is 12.4. The number of benzene rings is 1. The fourth-order valence-electron chi connectivity index (χ4n) is 3.22. The summed E-state index contributed by atoms with van der Waals surface area (Å²) in [6.45, 7) is 9.97. The van der Waals surface area contributed by atoms with Crippen molar-refractivity contribution in [1.29, 1.82) is 0 Å². The van der Waals surface area contributed by atoms with Gasteiger partial charge in [-0.2, -0.15) is 5.10 Å². The van der Waals surface area contributed by atoms with Crippen molar-refractivity contribution in [3.05, 3.63) is 62.9 Å². The Morgan fingerprint density at radius 2 is 1.88 bits per heavy atom. The third-order valence-corrected chi connectivity index (χ3v) is 5.41. The summed E-state index contributed by atoms with van der Waals surface area (Å²) in [7, 11) is 0. The molecule has 1 atom stereocenters. The average molecular weight is 369 g/mol. The van der Waals surface area contributed by atoms with E-state index in [-0.39, 0.29) is 11.9 Å². The molecular formula is C20H24N4OS. The fraction of sp³-hybridized carbons (Fsp3) is 0.350. The minimum absolute atomic E-state index is 0.0126. The third kappa shape index (κ3) is 3.70. The molecule has 0 bridgehead atoms. The predicted molar refractivity (Wildman–Crippen MR) is 105 cm³/mol. The number of rotatable bonds is 5. The van der Waals surface area contributed by atoms with Crippen LogP contribution in [0.15, 0.2) is 30.3 Å². The van der Waals surface area contributed by atoms with Crippen molar-refractivity contribution in [1.82, 2.24) is 20.1 Å². The second kappa shape index (κ2) is 7.41. The lowest BCUT2D eigenvalue weighted by molar-refractivity contribution is -0.121. The van der Waals surface area contributed by atoms with E-state index in [2.05, 4.69) is 15.4 Å². The van der Waals surface area contributed by atoms with Gasteiger partial charge in [0.1, 0.15) is 0 Å². The van der Waals surface area contributed by atoms with Gasteiger partial charge in [-0.1, -0.05) is 18.2 Å². The molecule has 0 unspecified atom stereocenters. The number of aromatic nitrogens is 3. The second-order valence-corrected chi connectivity index (χ2v) is 7.94. The Morgan fingerprint density at radius 1 is 1.19 bits per heavy atom. The van der Waals surface area contributed by atoms with Gasteiger partial charge >= 0.3 is 0 Å². The molecule has 5 nitrogen and oxygen atoms in total. The Morgan fingerprint density at radius 3 is 2.50 bits per heavy atom. The predicted octanol–water partition coefficient (Wildman–Crippen LogP) is 3.98. The van der Waals surface area contributed by atoms with E-state index in [1.165, 1.54) is 0 Å². The van der Waals surface area contributed by atoms with Gasteiger partial charge in [0.15, 0.2) is 0 Å². The molecule has 26 heavy (non-hydrogen) atoms. The molecule has 0 saturated carbocycles. The molecule has 3 aromatic rings. The maximum atomic E-state index is 12.6. The van der Waals surface area contributed by atoms with E-state index in [0.717, 1.165) is 38.2 Å². The maximum Gasteiger partial charge on any atom is 0.225 e. The SMILES string of the molecule is Cc1nc([C@@H](C)NC(=O)Cc2c(C)nn(-c3ccccc3)c2C)c(C)s1. The molecule has 1 amide bonds. The second-order valence-electron chi connectivity index (χ2n) is 6.54. The monoisotopic (exact) mass is 368 g/mol. The zero-order valence-electron chi connectivity index (χ0n) is 15.8. The van der Waals surface area contributed by atoms with E-state index >= 15 is 0 Å². The first kappa shape index (κ1) is 18.3. The molecule has 136 valence electrons. The van der Waals surface area contributed by atoms with Gasteiger partial charge < -0.3 is 5.32 Å². The number of hydrogen-bond acceptors (Lipinski definition) is 4. The van der Waals surface area contributed by atoms with Crippen LogP contribution in [0.4, 0.5) is 0 Å². The quantitative estimate of drug-likeness (QED) is 0.741. The largest absolute Gasteiger partial charge is 0.348 e. The summed E-state index contributed by atoms with van der Waals surface area (Å²) in [5, 5.41) is 8.71. The number of amides is 1. The summed E-state index contributed by atoms with van der Waals surface area (Å²) >= 11 is 1.66. The highest BCUT2D eigenvalue weighted by molar-refractivity contribution is 7.11. The van der Waals surface area contributed by atoms with Crippen molar-refractivity contribution < 1.29 is 4.79 Å². The number of carbonyl (C=O) groups excluding carboxylic acids is 1. The fourth-order valence-corrected chi connectivity index (χ4v) is 4.13. The summed E-state index contributed by atoms with van der Waals surface area (Å²) in [6, 6.07) is 9.87. The normalized spacial score (nSPS) is 12.2. The molecule has 0 aliphatic rings. The summed E-state index contributed by atoms with van der Waals surface area (Å²) in [4.78, 5) is 18.3. The van der Waals surface area contributed by atoms with Gasteiger partial charge in [-0.3, -0.25) is 4.79 Å². The van der Waals surface area contributed by atoms with Gasteiger partial charge in [0.25, 0.3) is 0 Å². The van der Waals surface area contributed by atoms with E-state index in [9.17, 15) is 4.79 Å². The van der Waals surface area contributed by atoms with Crippen LogP contribution in [0.25, 0.3) is 5.69 Å². The molecule has 0 radical (unpaired) electrons. The summed E-state index contributed by atoms with van der Waals surface area (Å²) in [5.74, 6) is -0.0126. The van der Waals surface area contributed by atoms with Crippen LogP contribution < -0.4 is 5.32 Å². The standard InChI is InChI=1S/C20H24N4OS/c1-12-18(14(3)24(23-12)17-9-7-6-8-10-17)11-19(25)21-13(2)20-15(4)26-16(5)22-20/h6-10,13H,11H2,1-5H3,(H,21,25)/t13-/m1/s1. The minimum Gasteiger partial charge on any atom is -0.348 e. The van der Waals surface area contributed by atoms with Crippen LogP contribution >= 0.6 is 11.3 Å². The molecule has 0 fully saturated rings. The highest BCUT2D eigenvalue weighted by atomic mass is 32.1.